The summed E-state index contributed by atoms with van der Waals surface area (Å²) in [7, 11) is 0. The molecule has 2 heterocycles. The Morgan fingerprint density at radius 2 is 1.16 bits per heavy atom. The molecule has 6 aliphatic rings. The van der Waals surface area contributed by atoms with Gasteiger partial charge in [0.25, 0.3) is 0 Å². The lowest BCUT2D eigenvalue weighted by Crippen LogP contribution is -2.65. The predicted octanol–water partition coefficient (Wildman–Crippen LogP) is 15.0. The highest BCUT2D eigenvalue weighted by Gasteiger charge is 2.54. The molecule has 0 saturated heterocycles. The van der Waals surface area contributed by atoms with Crippen molar-refractivity contribution in [3.63, 3.8) is 0 Å². The van der Waals surface area contributed by atoms with Crippen LogP contribution in [-0.4, -0.2) is 12.8 Å². The van der Waals surface area contributed by atoms with Gasteiger partial charge in [0.1, 0.15) is 0 Å². The SMILES string of the molecule is CC(C)(C)C1=CC=C(N2c3ccc(C(C)(C)C)cc3B3c4cc(-c5ccccc5)ccc4N(C4=CC=C(C5=CC=CCC5)CC4)C4=CC(C(C)(c5ccccc5)c5ccccc5)=CC2C34)CC1. The molecule has 3 heteroatoms. The van der Waals surface area contributed by atoms with E-state index in [9.17, 15) is 0 Å². The first-order chi connectivity index (χ1) is 32.4. The zero-order valence-corrected chi connectivity index (χ0v) is 40.7. The lowest BCUT2D eigenvalue weighted by Gasteiger charge is -2.55. The number of anilines is 2. The van der Waals surface area contributed by atoms with Crippen molar-refractivity contribution in [2.45, 2.75) is 110 Å². The first-order valence-corrected chi connectivity index (χ1v) is 25.0. The molecule has 0 N–H and O–H groups in total. The molecule has 0 fully saturated rings. The van der Waals surface area contributed by atoms with Gasteiger partial charge in [-0.15, -0.1) is 0 Å². The molecule has 67 heavy (non-hydrogen) atoms. The summed E-state index contributed by atoms with van der Waals surface area (Å²) < 4.78 is 0. The van der Waals surface area contributed by atoms with Crippen molar-refractivity contribution in [1.29, 1.82) is 0 Å². The second kappa shape index (κ2) is 16.8. The van der Waals surface area contributed by atoms with Crippen LogP contribution in [-0.2, 0) is 10.8 Å². The molecular weight excluding hydrogens is 808 g/mol. The maximum atomic E-state index is 2.81. The second-order valence-corrected chi connectivity index (χ2v) is 22.0. The highest BCUT2D eigenvalue weighted by molar-refractivity contribution is 6.90. The molecule has 0 spiro atoms. The maximum absolute atomic E-state index is 2.81. The first kappa shape index (κ1) is 43.3. The summed E-state index contributed by atoms with van der Waals surface area (Å²) in [5.41, 5.74) is 21.8. The summed E-state index contributed by atoms with van der Waals surface area (Å²) in [6.07, 6.45) is 28.5. The fourth-order valence-electron chi connectivity index (χ4n) is 12.2. The van der Waals surface area contributed by atoms with E-state index in [-0.39, 0.29) is 29.4 Å². The third kappa shape index (κ3) is 7.60. The minimum atomic E-state index is -0.420. The van der Waals surface area contributed by atoms with Crippen LogP contribution in [0.1, 0.15) is 104 Å². The monoisotopic (exact) mass is 873 g/mol. The molecule has 2 aliphatic heterocycles. The Hall–Kier alpha value is -6.32. The van der Waals surface area contributed by atoms with Crippen LogP contribution in [0.4, 0.5) is 11.4 Å². The molecule has 4 aliphatic carbocycles. The van der Waals surface area contributed by atoms with Gasteiger partial charge in [0, 0.05) is 39.7 Å². The average molecular weight is 873 g/mol. The minimum absolute atomic E-state index is 0.00736. The largest absolute Gasteiger partial charge is 0.339 e. The van der Waals surface area contributed by atoms with E-state index in [0.717, 1.165) is 38.5 Å². The standard InChI is InChI=1S/C64H65BN2/c1-62(2,3)48-31-36-54(37-32-48)67-58-39-33-51(63(4,5)6)41-56(58)65-55-40-47(45-22-14-9-15-23-45)30-38-57(55)66(53-34-28-46(29-35-53)44-20-12-8-13-21-44)59-42-52(43-60(67)61(59)65)64(7,49-24-16-10-17-25-49)50-26-18-11-19-27-50/h8-12,14-20,22-28,30-31,33-34,36,38-43,60-61H,13,21,29,32,35,37H2,1-7H3. The minimum Gasteiger partial charge on any atom is -0.339 e. The van der Waals surface area contributed by atoms with E-state index in [1.807, 2.05) is 0 Å². The molecule has 5 aromatic rings. The van der Waals surface area contributed by atoms with Gasteiger partial charge in [0.2, 0.25) is 6.71 Å². The molecule has 0 bridgehead atoms. The van der Waals surface area contributed by atoms with Gasteiger partial charge in [0.05, 0.1) is 6.04 Å². The van der Waals surface area contributed by atoms with Crippen molar-refractivity contribution in [2.75, 3.05) is 9.80 Å². The number of benzene rings is 5. The van der Waals surface area contributed by atoms with Crippen LogP contribution in [0.3, 0.4) is 0 Å². The Balaban J connectivity index is 1.22. The van der Waals surface area contributed by atoms with Gasteiger partial charge < -0.3 is 9.80 Å². The second-order valence-electron chi connectivity index (χ2n) is 22.0. The summed E-state index contributed by atoms with van der Waals surface area (Å²) in [5, 5.41) is 0. The molecule has 2 unspecified atom stereocenters. The van der Waals surface area contributed by atoms with E-state index in [2.05, 4.69) is 240 Å². The van der Waals surface area contributed by atoms with Crippen LogP contribution in [0, 0.1) is 5.41 Å². The van der Waals surface area contributed by atoms with E-state index in [0.29, 0.717) is 0 Å². The van der Waals surface area contributed by atoms with E-state index in [1.54, 1.807) is 0 Å². The average Bonchev–Trinajstić information content (AvgIpc) is 3.36. The molecule has 0 saturated carbocycles. The molecule has 2 atom stereocenters. The van der Waals surface area contributed by atoms with Crippen LogP contribution in [0.2, 0.25) is 5.82 Å². The highest BCUT2D eigenvalue weighted by atomic mass is 15.2. The van der Waals surface area contributed by atoms with E-state index in [1.165, 1.54) is 89.5 Å². The maximum Gasteiger partial charge on any atom is 0.226 e. The van der Waals surface area contributed by atoms with Crippen LogP contribution in [0.25, 0.3) is 11.1 Å². The van der Waals surface area contributed by atoms with Gasteiger partial charge in [0.15, 0.2) is 0 Å². The number of fused-ring (bicyclic) bond motifs is 4. The smallest absolute Gasteiger partial charge is 0.226 e. The summed E-state index contributed by atoms with van der Waals surface area (Å²) >= 11 is 0. The lowest BCUT2D eigenvalue weighted by molar-refractivity contribution is 0.477. The third-order valence-electron chi connectivity index (χ3n) is 16.0. The zero-order chi connectivity index (χ0) is 46.1. The van der Waals surface area contributed by atoms with Gasteiger partial charge in [-0.2, -0.15) is 0 Å². The van der Waals surface area contributed by atoms with Crippen LogP contribution < -0.4 is 20.7 Å². The Morgan fingerprint density at radius 1 is 0.522 bits per heavy atom. The predicted molar refractivity (Wildman–Crippen MR) is 287 cm³/mol. The van der Waals surface area contributed by atoms with Crippen LogP contribution in [0.5, 0.6) is 0 Å². The van der Waals surface area contributed by atoms with Crippen LogP contribution >= 0.6 is 0 Å². The van der Waals surface area contributed by atoms with Gasteiger partial charge in [-0.3, -0.25) is 0 Å². The topological polar surface area (TPSA) is 6.48 Å². The van der Waals surface area contributed by atoms with Gasteiger partial charge in [-0.05, 0) is 142 Å². The van der Waals surface area contributed by atoms with E-state index >= 15 is 0 Å². The van der Waals surface area contributed by atoms with Crippen molar-refractivity contribution in [3.05, 3.63) is 238 Å². The molecule has 0 aromatic heterocycles. The van der Waals surface area contributed by atoms with Crippen molar-refractivity contribution in [2.24, 2.45) is 5.41 Å². The van der Waals surface area contributed by atoms with Gasteiger partial charge in [-0.25, -0.2) is 0 Å². The van der Waals surface area contributed by atoms with Crippen molar-refractivity contribution in [1.82, 2.24) is 0 Å². The molecule has 5 aromatic carbocycles. The summed E-state index contributed by atoms with van der Waals surface area (Å²) in [4.78, 5) is 5.55. The number of rotatable bonds is 7. The Kier molecular flexibility index (Phi) is 10.8. The number of allylic oxidation sites excluding steroid dienone is 14. The fraction of sp³-hybridized carbons (Fsp3) is 0.281. The molecule has 11 rings (SSSR count). The summed E-state index contributed by atoms with van der Waals surface area (Å²) in [6.45, 7) is 16.8. The van der Waals surface area contributed by atoms with Gasteiger partial charge >= 0.3 is 0 Å². The fourth-order valence-corrected chi connectivity index (χ4v) is 12.2. The molecule has 0 amide bonds. The number of nitrogens with zero attached hydrogens (tertiary/aromatic N) is 2. The molecule has 334 valence electrons. The summed E-state index contributed by atoms with van der Waals surface area (Å²) in [5.74, 6) is 0.146. The Labute approximate surface area is 401 Å². The highest BCUT2D eigenvalue weighted by Crippen LogP contribution is 2.54. The van der Waals surface area contributed by atoms with Crippen molar-refractivity contribution >= 4 is 29.0 Å². The van der Waals surface area contributed by atoms with Gasteiger partial charge in [-0.1, -0.05) is 199 Å². The third-order valence-corrected chi connectivity index (χ3v) is 16.0. The molecular formula is C64H65BN2. The van der Waals surface area contributed by atoms with E-state index in [4.69, 9.17) is 0 Å². The Bertz CT molecular complexity index is 2950. The van der Waals surface area contributed by atoms with Crippen LogP contribution in [0.15, 0.2) is 221 Å². The number of hydrogen-bond donors (Lipinski definition) is 0. The number of hydrogen-bond acceptors (Lipinski definition) is 2. The molecule has 0 radical (unpaired) electrons. The zero-order valence-electron chi connectivity index (χ0n) is 40.7. The quantitative estimate of drug-likeness (QED) is 0.150. The summed E-state index contributed by atoms with van der Waals surface area (Å²) in [6, 6.07) is 48.6. The van der Waals surface area contributed by atoms with E-state index < -0.39 is 5.41 Å². The van der Waals surface area contributed by atoms with Crippen molar-refractivity contribution in [3.8, 4) is 11.1 Å². The Morgan fingerprint density at radius 3 is 1.78 bits per heavy atom. The van der Waals surface area contributed by atoms with Crippen molar-refractivity contribution < 1.29 is 0 Å². The first-order valence-electron chi connectivity index (χ1n) is 25.0. The lowest BCUT2D eigenvalue weighted by atomic mass is 9.28. The normalized spacial score (nSPS) is 20.3. The molecule has 2 nitrogen and oxygen atoms in total.